The van der Waals surface area contributed by atoms with Gasteiger partial charge in [-0.05, 0) is 12.5 Å². The smallest absolute Gasteiger partial charge is 0.314 e. The Labute approximate surface area is 81.1 Å². The molecule has 0 saturated heterocycles. The minimum absolute atomic E-state index is 0.279. The molecule has 0 aromatic heterocycles. The van der Waals surface area contributed by atoms with Crippen molar-refractivity contribution in [2.24, 2.45) is 0 Å². The summed E-state index contributed by atoms with van der Waals surface area (Å²) in [6.07, 6.45) is 0.518. The van der Waals surface area contributed by atoms with Crippen LogP contribution in [-0.2, 0) is 6.42 Å². The van der Waals surface area contributed by atoms with E-state index in [0.717, 1.165) is 0 Å². The molecule has 0 fully saturated rings. The summed E-state index contributed by atoms with van der Waals surface area (Å²) in [6, 6.07) is 2.79. The molecule has 5 heteroatoms. The van der Waals surface area contributed by atoms with Gasteiger partial charge in [-0.3, -0.25) is 10.1 Å². The largest absolute Gasteiger partial charge is 0.502 e. The summed E-state index contributed by atoms with van der Waals surface area (Å²) in [4.78, 5) is 9.92. The van der Waals surface area contributed by atoms with Crippen molar-refractivity contribution in [3.63, 3.8) is 0 Å². The Kier molecular flexibility index (Phi) is 2.91. The Morgan fingerprint density at radius 2 is 2.21 bits per heavy atom. The van der Waals surface area contributed by atoms with E-state index in [1.54, 1.807) is 13.0 Å². The number of methoxy groups -OCH3 is 1. The van der Waals surface area contributed by atoms with Crippen LogP contribution in [0.4, 0.5) is 5.69 Å². The minimum Gasteiger partial charge on any atom is -0.502 e. The lowest BCUT2D eigenvalue weighted by Gasteiger charge is -2.05. The number of ether oxygens (including phenoxy) is 1. The van der Waals surface area contributed by atoms with Crippen LogP contribution in [0.5, 0.6) is 11.5 Å². The number of aryl methyl sites for hydroxylation is 1. The topological polar surface area (TPSA) is 72.6 Å². The van der Waals surface area contributed by atoms with Gasteiger partial charge in [0, 0.05) is 5.56 Å². The van der Waals surface area contributed by atoms with E-state index in [0.29, 0.717) is 17.7 Å². The zero-order chi connectivity index (χ0) is 10.7. The van der Waals surface area contributed by atoms with Crippen LogP contribution < -0.4 is 4.74 Å². The van der Waals surface area contributed by atoms with Gasteiger partial charge in [0.1, 0.15) is 5.75 Å². The Bertz CT molecular complexity index is 362. The van der Waals surface area contributed by atoms with Crippen LogP contribution in [0.1, 0.15) is 12.5 Å². The maximum absolute atomic E-state index is 10.5. The summed E-state index contributed by atoms with van der Waals surface area (Å²) in [5.74, 6) is 0.102. The molecule has 0 aliphatic heterocycles. The molecule has 0 heterocycles. The first-order chi connectivity index (χ1) is 6.60. The van der Waals surface area contributed by atoms with E-state index in [-0.39, 0.29) is 11.4 Å². The first-order valence-corrected chi connectivity index (χ1v) is 4.14. The maximum atomic E-state index is 10.5. The third kappa shape index (κ3) is 1.76. The molecule has 0 aliphatic carbocycles. The summed E-state index contributed by atoms with van der Waals surface area (Å²) in [6.45, 7) is 1.80. The van der Waals surface area contributed by atoms with Gasteiger partial charge in [-0.1, -0.05) is 6.92 Å². The SMILES string of the molecule is CCc1cc(OC)cc([N+](=O)[O-])c1O. The third-order valence-corrected chi connectivity index (χ3v) is 1.96. The zero-order valence-electron chi connectivity index (χ0n) is 7.98. The highest BCUT2D eigenvalue weighted by atomic mass is 16.6. The van der Waals surface area contributed by atoms with Crippen molar-refractivity contribution in [1.29, 1.82) is 0 Å². The lowest BCUT2D eigenvalue weighted by atomic mass is 10.1. The van der Waals surface area contributed by atoms with Gasteiger partial charge in [0.05, 0.1) is 18.1 Å². The highest BCUT2D eigenvalue weighted by molar-refractivity contribution is 5.55. The van der Waals surface area contributed by atoms with Gasteiger partial charge in [0.15, 0.2) is 5.75 Å². The molecule has 0 saturated carbocycles. The van der Waals surface area contributed by atoms with E-state index in [4.69, 9.17) is 4.74 Å². The average molecular weight is 197 g/mol. The van der Waals surface area contributed by atoms with Gasteiger partial charge in [0.2, 0.25) is 0 Å². The van der Waals surface area contributed by atoms with Crippen LogP contribution >= 0.6 is 0 Å². The van der Waals surface area contributed by atoms with Gasteiger partial charge >= 0.3 is 5.69 Å². The molecule has 14 heavy (non-hydrogen) atoms. The Morgan fingerprint density at radius 3 is 2.64 bits per heavy atom. The minimum atomic E-state index is -0.628. The summed E-state index contributed by atoms with van der Waals surface area (Å²) in [5, 5.41) is 20.0. The summed E-state index contributed by atoms with van der Waals surface area (Å²) in [7, 11) is 1.43. The van der Waals surface area contributed by atoms with Crippen LogP contribution in [0, 0.1) is 10.1 Å². The molecule has 0 spiro atoms. The van der Waals surface area contributed by atoms with E-state index >= 15 is 0 Å². The Hall–Kier alpha value is -1.78. The van der Waals surface area contributed by atoms with E-state index in [1.807, 2.05) is 0 Å². The number of benzene rings is 1. The standard InChI is InChI=1S/C9H11NO4/c1-3-6-4-7(14-2)5-8(9(6)11)10(12)13/h4-5,11H,3H2,1-2H3. The monoisotopic (exact) mass is 197 g/mol. The number of phenolic OH excluding ortho intramolecular Hbond substituents is 1. The van der Waals surface area contributed by atoms with Crippen LogP contribution in [0.2, 0.25) is 0 Å². The first-order valence-electron chi connectivity index (χ1n) is 4.14. The molecule has 1 N–H and O–H groups in total. The number of rotatable bonds is 3. The number of phenols is 1. The number of nitrogens with zero attached hydrogens (tertiary/aromatic N) is 1. The molecule has 1 aromatic rings. The second kappa shape index (κ2) is 3.95. The van der Waals surface area contributed by atoms with Crippen molar-refractivity contribution in [2.75, 3.05) is 7.11 Å². The molecule has 0 unspecified atom stereocenters. The van der Waals surface area contributed by atoms with Crippen molar-refractivity contribution < 1.29 is 14.8 Å². The van der Waals surface area contributed by atoms with Gasteiger partial charge in [-0.15, -0.1) is 0 Å². The molecule has 0 bridgehead atoms. The van der Waals surface area contributed by atoms with Crippen LogP contribution in [0.15, 0.2) is 12.1 Å². The van der Waals surface area contributed by atoms with E-state index in [1.165, 1.54) is 13.2 Å². The lowest BCUT2D eigenvalue weighted by Crippen LogP contribution is -1.94. The lowest BCUT2D eigenvalue weighted by molar-refractivity contribution is -0.386. The molecule has 0 aliphatic rings. The number of nitro benzene ring substituents is 1. The maximum Gasteiger partial charge on any atom is 0.314 e. The molecule has 0 atom stereocenters. The highest BCUT2D eigenvalue weighted by Gasteiger charge is 2.18. The Morgan fingerprint density at radius 1 is 1.57 bits per heavy atom. The summed E-state index contributed by atoms with van der Waals surface area (Å²) < 4.78 is 4.89. The fourth-order valence-electron chi connectivity index (χ4n) is 1.18. The van der Waals surface area contributed by atoms with Crippen molar-refractivity contribution in [3.8, 4) is 11.5 Å². The highest BCUT2D eigenvalue weighted by Crippen LogP contribution is 2.34. The van der Waals surface area contributed by atoms with Crippen molar-refractivity contribution in [1.82, 2.24) is 0 Å². The predicted octanol–water partition coefficient (Wildman–Crippen LogP) is 1.87. The van der Waals surface area contributed by atoms with Crippen molar-refractivity contribution >= 4 is 5.69 Å². The number of nitro groups is 1. The molecular formula is C9H11NO4. The number of hydrogen-bond donors (Lipinski definition) is 1. The molecule has 1 aromatic carbocycles. The molecular weight excluding hydrogens is 186 g/mol. The molecule has 5 nitrogen and oxygen atoms in total. The van der Waals surface area contributed by atoms with Crippen LogP contribution in [0.25, 0.3) is 0 Å². The van der Waals surface area contributed by atoms with E-state index in [2.05, 4.69) is 0 Å². The van der Waals surface area contributed by atoms with Gasteiger partial charge in [-0.25, -0.2) is 0 Å². The van der Waals surface area contributed by atoms with Crippen molar-refractivity contribution in [2.45, 2.75) is 13.3 Å². The van der Waals surface area contributed by atoms with Gasteiger partial charge in [-0.2, -0.15) is 0 Å². The van der Waals surface area contributed by atoms with Gasteiger partial charge in [0.25, 0.3) is 0 Å². The molecule has 1 rings (SSSR count). The average Bonchev–Trinajstić information content (AvgIpc) is 2.17. The molecule has 0 radical (unpaired) electrons. The van der Waals surface area contributed by atoms with Gasteiger partial charge < -0.3 is 9.84 Å². The summed E-state index contributed by atoms with van der Waals surface area (Å²) >= 11 is 0. The van der Waals surface area contributed by atoms with Crippen LogP contribution in [0.3, 0.4) is 0 Å². The van der Waals surface area contributed by atoms with Crippen LogP contribution in [-0.4, -0.2) is 17.1 Å². The second-order valence-corrected chi connectivity index (χ2v) is 2.76. The predicted molar refractivity (Wildman–Crippen MR) is 50.7 cm³/mol. The molecule has 0 amide bonds. The quantitative estimate of drug-likeness (QED) is 0.593. The Balaban J connectivity index is 3.34. The first kappa shape index (κ1) is 10.3. The second-order valence-electron chi connectivity index (χ2n) is 2.76. The zero-order valence-corrected chi connectivity index (χ0v) is 7.98. The fourth-order valence-corrected chi connectivity index (χ4v) is 1.18. The number of hydrogen-bond acceptors (Lipinski definition) is 4. The summed E-state index contributed by atoms with van der Waals surface area (Å²) in [5.41, 5.74) is 0.192. The van der Waals surface area contributed by atoms with E-state index < -0.39 is 4.92 Å². The fraction of sp³-hybridized carbons (Fsp3) is 0.333. The van der Waals surface area contributed by atoms with Crippen molar-refractivity contribution in [3.05, 3.63) is 27.8 Å². The van der Waals surface area contributed by atoms with E-state index in [9.17, 15) is 15.2 Å². The third-order valence-electron chi connectivity index (χ3n) is 1.96. The normalized spacial score (nSPS) is 9.86. The number of aromatic hydroxyl groups is 1. The molecule has 76 valence electrons.